The Morgan fingerprint density at radius 1 is 1.57 bits per heavy atom. The molecule has 0 aliphatic carbocycles. The Morgan fingerprint density at radius 2 is 2.21 bits per heavy atom. The van der Waals surface area contributed by atoms with Crippen LogP contribution in [0.1, 0.15) is 18.7 Å². The van der Waals surface area contributed by atoms with Crippen LogP contribution in [0.2, 0.25) is 4.34 Å². The first-order chi connectivity index (χ1) is 6.45. The standard InChI is InChI=1S/C9H11Cl2NOS/c1-9(2,12-8(13)5-10)6-3-4-7(11)14-6/h3-4H,5H2,1-2H3,(H,12,13). The summed E-state index contributed by atoms with van der Waals surface area (Å²) in [5.74, 6) is -0.205. The summed E-state index contributed by atoms with van der Waals surface area (Å²) in [4.78, 5) is 12.2. The highest BCUT2D eigenvalue weighted by Crippen LogP contribution is 2.30. The van der Waals surface area contributed by atoms with E-state index in [9.17, 15) is 4.79 Å². The average molecular weight is 252 g/mol. The Morgan fingerprint density at radius 3 is 2.64 bits per heavy atom. The van der Waals surface area contributed by atoms with E-state index in [0.29, 0.717) is 4.34 Å². The van der Waals surface area contributed by atoms with E-state index in [1.165, 1.54) is 11.3 Å². The number of alkyl halides is 1. The summed E-state index contributed by atoms with van der Waals surface area (Å²) in [6.45, 7) is 3.83. The number of amides is 1. The van der Waals surface area contributed by atoms with Crippen LogP contribution in [0.15, 0.2) is 12.1 Å². The molecule has 1 amide bonds. The van der Waals surface area contributed by atoms with E-state index in [1.807, 2.05) is 26.0 Å². The van der Waals surface area contributed by atoms with Gasteiger partial charge in [-0.1, -0.05) is 11.6 Å². The van der Waals surface area contributed by atoms with Crippen molar-refractivity contribution in [1.29, 1.82) is 0 Å². The van der Waals surface area contributed by atoms with Crippen molar-refractivity contribution in [2.45, 2.75) is 19.4 Å². The van der Waals surface area contributed by atoms with Gasteiger partial charge in [0, 0.05) is 4.88 Å². The molecule has 14 heavy (non-hydrogen) atoms. The van der Waals surface area contributed by atoms with Crippen LogP contribution in [0, 0.1) is 0 Å². The maximum absolute atomic E-state index is 11.1. The Balaban J connectivity index is 2.79. The summed E-state index contributed by atoms with van der Waals surface area (Å²) in [6.07, 6.45) is 0. The van der Waals surface area contributed by atoms with Gasteiger partial charge in [-0.05, 0) is 26.0 Å². The first kappa shape index (κ1) is 11.8. The van der Waals surface area contributed by atoms with Gasteiger partial charge >= 0.3 is 0 Å². The number of carbonyl (C=O) groups excluding carboxylic acids is 1. The second kappa shape index (κ2) is 4.51. The van der Waals surface area contributed by atoms with Crippen molar-refractivity contribution < 1.29 is 4.79 Å². The van der Waals surface area contributed by atoms with E-state index in [4.69, 9.17) is 23.2 Å². The van der Waals surface area contributed by atoms with E-state index >= 15 is 0 Å². The Labute approximate surface area is 97.2 Å². The number of hydrogen-bond acceptors (Lipinski definition) is 2. The van der Waals surface area contributed by atoms with Crippen molar-refractivity contribution in [1.82, 2.24) is 5.32 Å². The molecule has 0 atom stereocenters. The highest BCUT2D eigenvalue weighted by atomic mass is 35.5. The molecule has 0 aliphatic rings. The van der Waals surface area contributed by atoms with Gasteiger partial charge in [-0.2, -0.15) is 0 Å². The molecule has 1 heterocycles. The number of nitrogens with one attached hydrogen (secondary N) is 1. The zero-order valence-electron chi connectivity index (χ0n) is 7.93. The molecule has 1 aromatic rings. The van der Waals surface area contributed by atoms with Crippen molar-refractivity contribution >= 4 is 40.4 Å². The molecule has 5 heteroatoms. The van der Waals surface area contributed by atoms with E-state index in [0.717, 1.165) is 4.88 Å². The summed E-state index contributed by atoms with van der Waals surface area (Å²) in [6, 6.07) is 3.72. The summed E-state index contributed by atoms with van der Waals surface area (Å²) in [5, 5.41) is 2.82. The van der Waals surface area contributed by atoms with Crippen molar-refractivity contribution in [3.8, 4) is 0 Å². The SMILES string of the molecule is CC(C)(NC(=O)CCl)c1ccc(Cl)s1. The third kappa shape index (κ3) is 2.87. The topological polar surface area (TPSA) is 29.1 Å². The molecule has 1 aromatic heterocycles. The van der Waals surface area contributed by atoms with E-state index in [1.54, 1.807) is 0 Å². The predicted molar refractivity (Wildman–Crippen MR) is 61.2 cm³/mol. The van der Waals surface area contributed by atoms with Crippen LogP contribution < -0.4 is 5.32 Å². The zero-order chi connectivity index (χ0) is 10.8. The number of carbonyl (C=O) groups is 1. The molecule has 0 saturated carbocycles. The number of halogens is 2. The van der Waals surface area contributed by atoms with Gasteiger partial charge in [-0.15, -0.1) is 22.9 Å². The number of rotatable bonds is 3. The van der Waals surface area contributed by atoms with E-state index < -0.39 is 5.54 Å². The van der Waals surface area contributed by atoms with Gasteiger partial charge in [0.05, 0.1) is 9.88 Å². The molecular formula is C9H11Cl2NOS. The van der Waals surface area contributed by atoms with Crippen LogP contribution in [0.4, 0.5) is 0 Å². The Bertz CT molecular complexity index is 335. The summed E-state index contributed by atoms with van der Waals surface area (Å²) < 4.78 is 0.716. The largest absolute Gasteiger partial charge is 0.345 e. The van der Waals surface area contributed by atoms with Crippen LogP contribution in [0.3, 0.4) is 0 Å². The lowest BCUT2D eigenvalue weighted by Crippen LogP contribution is -2.41. The second-order valence-electron chi connectivity index (χ2n) is 3.41. The minimum absolute atomic E-state index is 0.0253. The molecule has 0 aliphatic heterocycles. The molecule has 0 unspecified atom stereocenters. The lowest BCUT2D eigenvalue weighted by Gasteiger charge is -2.24. The fourth-order valence-corrected chi connectivity index (χ4v) is 2.26. The average Bonchev–Trinajstić information content (AvgIpc) is 2.51. The first-order valence-corrected chi connectivity index (χ1v) is 5.81. The van der Waals surface area contributed by atoms with E-state index in [-0.39, 0.29) is 11.8 Å². The zero-order valence-corrected chi connectivity index (χ0v) is 10.3. The number of thiophene rings is 1. The molecular weight excluding hydrogens is 241 g/mol. The lowest BCUT2D eigenvalue weighted by molar-refractivity contribution is -0.120. The summed E-state index contributed by atoms with van der Waals surface area (Å²) in [5.41, 5.74) is -0.413. The van der Waals surface area contributed by atoms with Gasteiger partial charge in [-0.25, -0.2) is 0 Å². The molecule has 0 aromatic carbocycles. The molecule has 0 spiro atoms. The third-order valence-corrected chi connectivity index (χ3v) is 3.56. The molecule has 78 valence electrons. The predicted octanol–water partition coefficient (Wildman–Crippen LogP) is 2.99. The third-order valence-electron chi connectivity index (χ3n) is 1.76. The molecule has 0 fully saturated rings. The molecule has 1 N–H and O–H groups in total. The quantitative estimate of drug-likeness (QED) is 0.823. The molecule has 0 radical (unpaired) electrons. The van der Waals surface area contributed by atoms with Crippen LogP contribution in [0.25, 0.3) is 0 Å². The van der Waals surface area contributed by atoms with Crippen LogP contribution >= 0.6 is 34.5 Å². The summed E-state index contributed by atoms with van der Waals surface area (Å²) in [7, 11) is 0. The van der Waals surface area contributed by atoms with Crippen molar-refractivity contribution in [2.24, 2.45) is 0 Å². The van der Waals surface area contributed by atoms with Crippen LogP contribution in [0.5, 0.6) is 0 Å². The van der Waals surface area contributed by atoms with Gasteiger partial charge in [-0.3, -0.25) is 4.79 Å². The molecule has 0 bridgehead atoms. The maximum atomic E-state index is 11.1. The fraction of sp³-hybridized carbons (Fsp3) is 0.444. The van der Waals surface area contributed by atoms with Gasteiger partial charge in [0.1, 0.15) is 5.88 Å². The van der Waals surface area contributed by atoms with Gasteiger partial charge in [0.2, 0.25) is 5.91 Å². The summed E-state index contributed by atoms with van der Waals surface area (Å²) >= 11 is 12.7. The fourth-order valence-electron chi connectivity index (χ4n) is 1.09. The van der Waals surface area contributed by atoms with Crippen LogP contribution in [-0.2, 0) is 10.3 Å². The monoisotopic (exact) mass is 251 g/mol. The molecule has 2 nitrogen and oxygen atoms in total. The highest BCUT2D eigenvalue weighted by molar-refractivity contribution is 7.16. The lowest BCUT2D eigenvalue weighted by atomic mass is 10.0. The Kier molecular flexibility index (Phi) is 3.81. The maximum Gasteiger partial charge on any atom is 0.235 e. The molecule has 0 saturated heterocycles. The van der Waals surface area contributed by atoms with Crippen molar-refractivity contribution in [3.63, 3.8) is 0 Å². The van der Waals surface area contributed by atoms with Gasteiger partial charge < -0.3 is 5.32 Å². The smallest absolute Gasteiger partial charge is 0.235 e. The van der Waals surface area contributed by atoms with Crippen LogP contribution in [-0.4, -0.2) is 11.8 Å². The number of hydrogen-bond donors (Lipinski definition) is 1. The Hall–Kier alpha value is -0.250. The highest BCUT2D eigenvalue weighted by Gasteiger charge is 2.23. The van der Waals surface area contributed by atoms with Crippen molar-refractivity contribution in [3.05, 3.63) is 21.3 Å². The second-order valence-corrected chi connectivity index (χ2v) is 5.39. The van der Waals surface area contributed by atoms with Gasteiger partial charge in [0.25, 0.3) is 0 Å². The first-order valence-electron chi connectivity index (χ1n) is 4.08. The normalized spacial score (nSPS) is 11.4. The minimum atomic E-state index is -0.413. The van der Waals surface area contributed by atoms with E-state index in [2.05, 4.69) is 5.32 Å². The minimum Gasteiger partial charge on any atom is -0.345 e. The molecule has 1 rings (SSSR count). The van der Waals surface area contributed by atoms with Gasteiger partial charge in [0.15, 0.2) is 0 Å². The van der Waals surface area contributed by atoms with Crippen molar-refractivity contribution in [2.75, 3.05) is 5.88 Å².